The van der Waals surface area contributed by atoms with Crippen molar-refractivity contribution >= 4 is 5.78 Å². The summed E-state index contributed by atoms with van der Waals surface area (Å²) in [7, 11) is 6.36. The molecule has 0 spiro atoms. The van der Waals surface area contributed by atoms with Gasteiger partial charge in [-0.25, -0.2) is 0 Å². The predicted octanol–water partition coefficient (Wildman–Crippen LogP) is 3.75. The molecule has 0 amide bonds. The molecule has 0 aromatic heterocycles. The summed E-state index contributed by atoms with van der Waals surface area (Å²) < 4.78 is 28.2. The fourth-order valence-electron chi connectivity index (χ4n) is 3.70. The molecule has 27 heavy (non-hydrogen) atoms. The van der Waals surface area contributed by atoms with Gasteiger partial charge in [0, 0.05) is 25.2 Å². The Balaban J connectivity index is 2.00. The van der Waals surface area contributed by atoms with Crippen molar-refractivity contribution in [3.05, 3.63) is 41.2 Å². The minimum absolute atomic E-state index is 0.00920. The fourth-order valence-corrected chi connectivity index (χ4v) is 3.70. The fraction of sp³-hybridized carbons (Fsp3) is 0.476. The number of ether oxygens (including phenoxy) is 5. The van der Waals surface area contributed by atoms with Gasteiger partial charge in [0.05, 0.1) is 21.3 Å². The first-order valence-electron chi connectivity index (χ1n) is 9.01. The molecule has 6 nitrogen and oxygen atoms in total. The second kappa shape index (κ2) is 7.64. The summed E-state index contributed by atoms with van der Waals surface area (Å²) in [5, 5.41) is 0. The Kier molecular flexibility index (Phi) is 5.46. The lowest BCUT2D eigenvalue weighted by molar-refractivity contribution is -0.112. The first-order valence-corrected chi connectivity index (χ1v) is 9.01. The Morgan fingerprint density at radius 2 is 1.78 bits per heavy atom. The van der Waals surface area contributed by atoms with E-state index in [4.69, 9.17) is 23.7 Å². The van der Waals surface area contributed by atoms with Crippen LogP contribution in [0.5, 0.6) is 17.2 Å². The van der Waals surface area contributed by atoms with Gasteiger partial charge in [0.2, 0.25) is 5.75 Å². The molecule has 3 rings (SSSR count). The second-order valence-electron chi connectivity index (χ2n) is 6.66. The molecule has 2 aliphatic rings. The van der Waals surface area contributed by atoms with Crippen LogP contribution in [0.3, 0.4) is 0 Å². The van der Waals surface area contributed by atoms with Gasteiger partial charge in [0.15, 0.2) is 17.3 Å². The lowest BCUT2D eigenvalue weighted by Crippen LogP contribution is -2.32. The monoisotopic (exact) mass is 374 g/mol. The minimum atomic E-state index is -0.719. The van der Waals surface area contributed by atoms with E-state index in [-0.39, 0.29) is 11.9 Å². The number of carbonyl (C=O) groups is 1. The van der Waals surface area contributed by atoms with Crippen molar-refractivity contribution in [2.24, 2.45) is 0 Å². The number of ketones is 1. The van der Waals surface area contributed by atoms with Crippen molar-refractivity contribution in [1.29, 1.82) is 0 Å². The first kappa shape index (κ1) is 19.3. The van der Waals surface area contributed by atoms with Crippen LogP contribution in [-0.4, -0.2) is 39.8 Å². The van der Waals surface area contributed by atoms with Gasteiger partial charge in [-0.2, -0.15) is 0 Å². The highest BCUT2D eigenvalue weighted by atomic mass is 16.6. The van der Waals surface area contributed by atoms with Gasteiger partial charge in [0.1, 0.15) is 17.5 Å². The molecule has 1 aromatic carbocycles. The van der Waals surface area contributed by atoms with Gasteiger partial charge in [-0.3, -0.25) is 4.79 Å². The van der Waals surface area contributed by atoms with Crippen LogP contribution in [0.15, 0.2) is 35.6 Å². The third kappa shape index (κ3) is 3.30. The summed E-state index contributed by atoms with van der Waals surface area (Å²) in [6, 6.07) is 3.73. The third-order valence-corrected chi connectivity index (χ3v) is 5.10. The van der Waals surface area contributed by atoms with Crippen molar-refractivity contribution in [3.63, 3.8) is 0 Å². The van der Waals surface area contributed by atoms with E-state index in [2.05, 4.69) is 6.92 Å². The number of hydrogen-bond donors (Lipinski definition) is 0. The maximum absolute atomic E-state index is 12.4. The smallest absolute Gasteiger partial charge is 0.203 e. The average Bonchev–Trinajstić information content (AvgIpc) is 3.06. The van der Waals surface area contributed by atoms with Crippen molar-refractivity contribution in [2.75, 3.05) is 28.4 Å². The highest BCUT2D eigenvalue weighted by Crippen LogP contribution is 2.50. The highest BCUT2D eigenvalue weighted by molar-refractivity contribution is 6.05. The largest absolute Gasteiger partial charge is 0.493 e. The number of fused-ring (bicyclic) bond motifs is 1. The topological polar surface area (TPSA) is 63.2 Å². The van der Waals surface area contributed by atoms with Crippen LogP contribution in [0, 0.1) is 0 Å². The SMILES string of the molecule is CCCC1=CC2(OC)CC(c3cc(OC)c(OC)c(OC)c3)OC2=CC1=O. The molecular formula is C21H26O6. The molecule has 2 unspecified atom stereocenters. The number of methoxy groups -OCH3 is 4. The molecule has 2 atom stereocenters. The highest BCUT2D eigenvalue weighted by Gasteiger charge is 2.48. The molecule has 6 heteroatoms. The van der Waals surface area contributed by atoms with E-state index in [1.54, 1.807) is 34.5 Å². The summed E-state index contributed by atoms with van der Waals surface area (Å²) in [6.07, 6.45) is 5.38. The zero-order valence-corrected chi connectivity index (χ0v) is 16.5. The van der Waals surface area contributed by atoms with E-state index in [1.807, 2.05) is 18.2 Å². The van der Waals surface area contributed by atoms with E-state index in [0.29, 0.717) is 29.4 Å². The lowest BCUT2D eigenvalue weighted by Gasteiger charge is -2.27. The van der Waals surface area contributed by atoms with Crippen LogP contribution in [0.4, 0.5) is 0 Å². The molecule has 0 saturated carbocycles. The van der Waals surface area contributed by atoms with Crippen molar-refractivity contribution < 1.29 is 28.5 Å². The normalized spacial score (nSPS) is 23.9. The standard InChI is InChI=1S/C21H26O6/c1-6-7-13-11-21(26-5)12-18(27-19(21)10-15(13)22)14-8-16(23-2)20(25-4)17(9-14)24-3/h8-11,18H,6-7,12H2,1-5H3. The molecule has 1 fully saturated rings. The predicted molar refractivity (Wildman–Crippen MR) is 100 cm³/mol. The van der Waals surface area contributed by atoms with Gasteiger partial charge in [-0.05, 0) is 30.2 Å². The van der Waals surface area contributed by atoms with Crippen LogP contribution in [0.25, 0.3) is 0 Å². The Morgan fingerprint density at radius 3 is 2.30 bits per heavy atom. The number of benzene rings is 1. The molecule has 1 saturated heterocycles. The maximum Gasteiger partial charge on any atom is 0.203 e. The van der Waals surface area contributed by atoms with Crippen molar-refractivity contribution in [3.8, 4) is 17.2 Å². The second-order valence-corrected chi connectivity index (χ2v) is 6.66. The van der Waals surface area contributed by atoms with Crippen molar-refractivity contribution in [2.45, 2.75) is 37.9 Å². The van der Waals surface area contributed by atoms with Gasteiger partial charge < -0.3 is 23.7 Å². The third-order valence-electron chi connectivity index (χ3n) is 5.10. The Hall–Kier alpha value is -2.47. The number of allylic oxidation sites excluding steroid dienone is 2. The maximum atomic E-state index is 12.4. The molecule has 0 bridgehead atoms. The van der Waals surface area contributed by atoms with Gasteiger partial charge in [-0.1, -0.05) is 13.3 Å². The van der Waals surface area contributed by atoms with Crippen molar-refractivity contribution in [1.82, 2.24) is 0 Å². The molecule has 0 radical (unpaired) electrons. The molecule has 146 valence electrons. The first-order chi connectivity index (χ1) is 13.0. The Bertz CT molecular complexity index is 769. The van der Waals surface area contributed by atoms with E-state index < -0.39 is 5.60 Å². The quantitative estimate of drug-likeness (QED) is 0.724. The van der Waals surface area contributed by atoms with Crippen LogP contribution >= 0.6 is 0 Å². The molecule has 0 N–H and O–H groups in total. The average molecular weight is 374 g/mol. The van der Waals surface area contributed by atoms with Crippen LogP contribution < -0.4 is 14.2 Å². The van der Waals surface area contributed by atoms with E-state index in [0.717, 1.165) is 24.0 Å². The number of hydrogen-bond acceptors (Lipinski definition) is 6. The van der Waals surface area contributed by atoms with Crippen LogP contribution in [0.2, 0.25) is 0 Å². The van der Waals surface area contributed by atoms with Gasteiger partial charge in [-0.15, -0.1) is 0 Å². The summed E-state index contributed by atoms with van der Waals surface area (Å²) in [5.41, 5.74) is 0.926. The van der Waals surface area contributed by atoms with E-state index in [9.17, 15) is 4.79 Å². The molecule has 1 heterocycles. The minimum Gasteiger partial charge on any atom is -0.493 e. The Morgan fingerprint density at radius 1 is 1.11 bits per heavy atom. The summed E-state index contributed by atoms with van der Waals surface area (Å²) >= 11 is 0. The zero-order valence-electron chi connectivity index (χ0n) is 16.5. The summed E-state index contributed by atoms with van der Waals surface area (Å²) in [6.45, 7) is 2.05. The van der Waals surface area contributed by atoms with E-state index >= 15 is 0 Å². The van der Waals surface area contributed by atoms with Gasteiger partial charge >= 0.3 is 0 Å². The molecule has 1 aliphatic carbocycles. The van der Waals surface area contributed by atoms with E-state index in [1.165, 1.54) is 0 Å². The number of rotatable bonds is 7. The van der Waals surface area contributed by atoms with Gasteiger partial charge in [0.25, 0.3) is 0 Å². The summed E-state index contributed by atoms with van der Waals surface area (Å²) in [4.78, 5) is 12.4. The zero-order chi connectivity index (χ0) is 19.6. The lowest BCUT2D eigenvalue weighted by atomic mass is 9.85. The van der Waals surface area contributed by atoms with Crippen LogP contribution in [-0.2, 0) is 14.3 Å². The number of carbonyl (C=O) groups excluding carboxylic acids is 1. The van der Waals surface area contributed by atoms with Crippen LogP contribution in [0.1, 0.15) is 37.9 Å². The summed E-state index contributed by atoms with van der Waals surface area (Å²) in [5.74, 6) is 2.19. The molecule has 1 aromatic rings. The Labute approximate surface area is 159 Å². The molecule has 1 aliphatic heterocycles. The molecular weight excluding hydrogens is 348 g/mol.